The Kier molecular flexibility index (Phi) is 4.04. The zero-order valence-electron chi connectivity index (χ0n) is 15.5. The Morgan fingerprint density at radius 2 is 2.20 bits per heavy atom. The number of nitrogens with two attached hydrogens (primary N) is 1. The summed E-state index contributed by atoms with van der Waals surface area (Å²) in [7, 11) is 4.00. The van der Waals surface area contributed by atoms with Crippen molar-refractivity contribution in [1.29, 1.82) is 0 Å². The van der Waals surface area contributed by atoms with Crippen molar-refractivity contribution >= 4 is 16.5 Å². The number of ether oxygens (including phenoxy) is 1. The highest BCUT2D eigenvalue weighted by molar-refractivity contribution is 7.15. The molecule has 0 saturated carbocycles. The van der Waals surface area contributed by atoms with Gasteiger partial charge in [-0.2, -0.15) is 0 Å². The molecule has 3 atom stereocenters. The van der Waals surface area contributed by atoms with Gasteiger partial charge in [0.1, 0.15) is 5.75 Å². The first-order valence-corrected chi connectivity index (χ1v) is 9.85. The lowest BCUT2D eigenvalue weighted by Gasteiger charge is -2.54. The van der Waals surface area contributed by atoms with Gasteiger partial charge in [-0.05, 0) is 69.5 Å². The van der Waals surface area contributed by atoms with Crippen LogP contribution in [0.25, 0.3) is 0 Å². The molecule has 2 N–H and O–H groups in total. The van der Waals surface area contributed by atoms with E-state index >= 15 is 0 Å². The number of benzene rings is 1. The van der Waals surface area contributed by atoms with Crippen molar-refractivity contribution in [3.63, 3.8) is 0 Å². The number of aromatic nitrogens is 1. The average molecular weight is 358 g/mol. The lowest BCUT2D eigenvalue weighted by molar-refractivity contribution is 0.0459. The van der Waals surface area contributed by atoms with Crippen LogP contribution in [0.5, 0.6) is 5.75 Å². The Hall–Kier alpha value is -1.59. The van der Waals surface area contributed by atoms with Gasteiger partial charge in [-0.25, -0.2) is 4.98 Å². The number of likely N-dealkylation sites (tertiary alicyclic amines) is 1. The highest BCUT2D eigenvalue weighted by Crippen LogP contribution is 2.52. The highest BCUT2D eigenvalue weighted by Gasteiger charge is 2.51. The lowest BCUT2D eigenvalue weighted by atomic mass is 9.57. The zero-order valence-corrected chi connectivity index (χ0v) is 16.3. The molecule has 134 valence electrons. The van der Waals surface area contributed by atoms with Crippen LogP contribution in [0.15, 0.2) is 18.2 Å². The molecule has 1 fully saturated rings. The SMILES string of the molecule is COc1ccc(C)c([C@]23CCN(C)C(C)[C@@H]2Cc2sc(N)nc2C3)c1. The number of nitrogens with zero attached hydrogens (tertiary/aromatic N) is 2. The first-order chi connectivity index (χ1) is 11.9. The van der Waals surface area contributed by atoms with Gasteiger partial charge in [0.25, 0.3) is 0 Å². The van der Waals surface area contributed by atoms with E-state index in [2.05, 4.69) is 49.0 Å². The largest absolute Gasteiger partial charge is 0.497 e. The summed E-state index contributed by atoms with van der Waals surface area (Å²) in [5.74, 6) is 1.52. The summed E-state index contributed by atoms with van der Waals surface area (Å²) in [6.45, 7) is 5.72. The second-order valence-electron chi connectivity index (χ2n) is 7.72. The minimum atomic E-state index is 0.123. The molecule has 2 heterocycles. The molecule has 25 heavy (non-hydrogen) atoms. The van der Waals surface area contributed by atoms with Gasteiger partial charge in [-0.1, -0.05) is 6.07 Å². The maximum Gasteiger partial charge on any atom is 0.180 e. The summed E-state index contributed by atoms with van der Waals surface area (Å²) in [6.07, 6.45) is 3.22. The fourth-order valence-corrected chi connectivity index (χ4v) is 5.92. The third-order valence-electron chi connectivity index (χ3n) is 6.56. The van der Waals surface area contributed by atoms with E-state index < -0.39 is 0 Å². The molecule has 1 aliphatic carbocycles. The number of aryl methyl sites for hydroxylation is 1. The molecule has 0 bridgehead atoms. The third-order valence-corrected chi connectivity index (χ3v) is 7.51. The summed E-state index contributed by atoms with van der Waals surface area (Å²) >= 11 is 1.68. The van der Waals surface area contributed by atoms with Crippen LogP contribution >= 0.6 is 11.3 Å². The number of fused-ring (bicyclic) bond motifs is 2. The van der Waals surface area contributed by atoms with Crippen LogP contribution in [-0.4, -0.2) is 36.6 Å². The van der Waals surface area contributed by atoms with Crippen molar-refractivity contribution in [3.8, 4) is 5.75 Å². The van der Waals surface area contributed by atoms with E-state index in [0.717, 1.165) is 31.6 Å². The number of methoxy groups -OCH3 is 1. The van der Waals surface area contributed by atoms with Crippen LogP contribution < -0.4 is 10.5 Å². The average Bonchev–Trinajstić information content (AvgIpc) is 2.96. The van der Waals surface area contributed by atoms with Crippen LogP contribution in [0.4, 0.5) is 5.13 Å². The number of piperidine rings is 1. The topological polar surface area (TPSA) is 51.4 Å². The Morgan fingerprint density at radius 1 is 1.40 bits per heavy atom. The summed E-state index contributed by atoms with van der Waals surface area (Å²) in [5.41, 5.74) is 10.2. The van der Waals surface area contributed by atoms with Gasteiger partial charge in [0.2, 0.25) is 0 Å². The molecule has 1 unspecified atom stereocenters. The van der Waals surface area contributed by atoms with E-state index in [4.69, 9.17) is 10.5 Å². The first-order valence-electron chi connectivity index (χ1n) is 9.04. The fourth-order valence-electron chi connectivity index (χ4n) is 5.01. The molecule has 5 heteroatoms. The molecule has 1 aliphatic heterocycles. The number of hydrogen-bond acceptors (Lipinski definition) is 5. The van der Waals surface area contributed by atoms with Gasteiger partial charge < -0.3 is 15.4 Å². The van der Waals surface area contributed by atoms with Gasteiger partial charge in [-0.3, -0.25) is 0 Å². The predicted octanol–water partition coefficient (Wildman–Crippen LogP) is 3.42. The van der Waals surface area contributed by atoms with E-state index in [1.165, 1.54) is 21.7 Å². The number of rotatable bonds is 2. The standard InChI is InChI=1S/C20H27N3OS/c1-12-5-6-14(24-4)9-15(12)20-7-8-23(3)13(2)16(20)10-18-17(11-20)22-19(21)25-18/h5-6,9,13,16H,7-8,10-11H2,1-4H3,(H2,21,22)/t13?,16-,20+/m0/s1. The second-order valence-corrected chi connectivity index (χ2v) is 8.83. The molecule has 1 aromatic heterocycles. The molecular weight excluding hydrogens is 330 g/mol. The molecule has 1 aromatic carbocycles. The highest BCUT2D eigenvalue weighted by atomic mass is 32.1. The Labute approximate surface area is 154 Å². The van der Waals surface area contributed by atoms with Crippen LogP contribution in [-0.2, 0) is 18.3 Å². The molecule has 0 radical (unpaired) electrons. The molecule has 4 rings (SSSR count). The quantitative estimate of drug-likeness (QED) is 0.895. The molecule has 2 aliphatic rings. The van der Waals surface area contributed by atoms with E-state index in [1.54, 1.807) is 18.4 Å². The van der Waals surface area contributed by atoms with Crippen molar-refractivity contribution in [2.45, 2.75) is 44.6 Å². The van der Waals surface area contributed by atoms with Gasteiger partial charge in [0.05, 0.1) is 12.8 Å². The maximum absolute atomic E-state index is 6.04. The summed E-state index contributed by atoms with van der Waals surface area (Å²) in [5, 5.41) is 0.710. The maximum atomic E-state index is 6.04. The number of nitrogen functional groups attached to an aromatic ring is 1. The first kappa shape index (κ1) is 16.9. The third kappa shape index (κ3) is 2.56. The molecule has 4 nitrogen and oxygen atoms in total. The minimum absolute atomic E-state index is 0.123. The molecule has 1 saturated heterocycles. The molecule has 0 spiro atoms. The van der Waals surface area contributed by atoms with Gasteiger partial charge >= 0.3 is 0 Å². The Morgan fingerprint density at radius 3 is 2.96 bits per heavy atom. The number of hydrogen-bond donors (Lipinski definition) is 1. The van der Waals surface area contributed by atoms with Crippen molar-refractivity contribution in [3.05, 3.63) is 39.9 Å². The fraction of sp³-hybridized carbons (Fsp3) is 0.550. The molecule has 0 amide bonds. The van der Waals surface area contributed by atoms with Crippen molar-refractivity contribution < 1.29 is 4.74 Å². The van der Waals surface area contributed by atoms with Crippen molar-refractivity contribution in [2.24, 2.45) is 5.92 Å². The van der Waals surface area contributed by atoms with Crippen molar-refractivity contribution in [2.75, 3.05) is 26.4 Å². The second kappa shape index (κ2) is 5.99. The van der Waals surface area contributed by atoms with Crippen LogP contribution in [0.1, 0.15) is 35.0 Å². The van der Waals surface area contributed by atoms with Gasteiger partial charge in [-0.15, -0.1) is 11.3 Å². The van der Waals surface area contributed by atoms with E-state index in [-0.39, 0.29) is 5.41 Å². The van der Waals surface area contributed by atoms with Crippen LogP contribution in [0, 0.1) is 12.8 Å². The zero-order chi connectivity index (χ0) is 17.8. The molecular formula is C20H27N3OS. The number of anilines is 1. The smallest absolute Gasteiger partial charge is 0.180 e. The van der Waals surface area contributed by atoms with Crippen molar-refractivity contribution in [1.82, 2.24) is 9.88 Å². The molecule has 2 aromatic rings. The van der Waals surface area contributed by atoms with E-state index in [0.29, 0.717) is 17.1 Å². The lowest BCUT2D eigenvalue weighted by Crippen LogP contribution is -2.57. The predicted molar refractivity (Wildman–Crippen MR) is 104 cm³/mol. The van der Waals surface area contributed by atoms with Gasteiger partial charge in [0, 0.05) is 22.8 Å². The Bertz CT molecular complexity index is 802. The summed E-state index contributed by atoms with van der Waals surface area (Å²) in [6, 6.07) is 7.07. The monoisotopic (exact) mass is 357 g/mol. The van der Waals surface area contributed by atoms with E-state index in [9.17, 15) is 0 Å². The number of thiazole rings is 1. The van der Waals surface area contributed by atoms with Crippen LogP contribution in [0.3, 0.4) is 0 Å². The Balaban J connectivity index is 1.89. The minimum Gasteiger partial charge on any atom is -0.497 e. The van der Waals surface area contributed by atoms with Gasteiger partial charge in [0.15, 0.2) is 5.13 Å². The van der Waals surface area contributed by atoms with Crippen LogP contribution in [0.2, 0.25) is 0 Å². The normalized spacial score (nSPS) is 29.1. The van der Waals surface area contributed by atoms with E-state index in [1.807, 2.05) is 0 Å². The summed E-state index contributed by atoms with van der Waals surface area (Å²) in [4.78, 5) is 8.58. The summed E-state index contributed by atoms with van der Waals surface area (Å²) < 4.78 is 5.55.